The molecule has 0 aliphatic carbocycles. The Kier molecular flexibility index (Phi) is 8.95. The van der Waals surface area contributed by atoms with Crippen LogP contribution in [0.4, 0.5) is 11.4 Å². The van der Waals surface area contributed by atoms with E-state index in [1.165, 1.54) is 30.1 Å². The molecular formula is C20H23ClN4O3S. The van der Waals surface area contributed by atoms with Crippen LogP contribution >= 0.6 is 23.4 Å². The maximum atomic E-state index is 12.0. The standard InChI is InChI=1S/C20H23ClN4O3S/c1-3-24(4-2)19-10-9-17(25(27)28)11-16(19)12-22-23-20(26)14-29-13-15-7-5-6-8-18(15)21/h5-12H,3-4,13-14H2,1-2H3,(H,23,26)/b22-12-. The summed E-state index contributed by atoms with van der Waals surface area (Å²) in [5.41, 5.74) is 4.82. The number of carbonyl (C=O) groups is 1. The lowest BCUT2D eigenvalue weighted by Crippen LogP contribution is -2.23. The number of nitrogens with zero attached hydrogens (tertiary/aromatic N) is 3. The number of thioether (sulfide) groups is 1. The van der Waals surface area contributed by atoms with Crippen molar-refractivity contribution in [2.75, 3.05) is 23.7 Å². The molecule has 0 unspecified atom stereocenters. The summed E-state index contributed by atoms with van der Waals surface area (Å²) in [6.07, 6.45) is 1.44. The molecule has 1 amide bonds. The van der Waals surface area contributed by atoms with Gasteiger partial charge in [0.1, 0.15) is 0 Å². The lowest BCUT2D eigenvalue weighted by molar-refractivity contribution is -0.384. The van der Waals surface area contributed by atoms with Gasteiger partial charge in [0.25, 0.3) is 5.69 Å². The molecule has 0 saturated carbocycles. The number of anilines is 1. The molecule has 0 heterocycles. The molecule has 0 spiro atoms. The highest BCUT2D eigenvalue weighted by atomic mass is 35.5. The molecule has 0 aliphatic rings. The third-order valence-corrected chi connectivity index (χ3v) is 5.52. The Morgan fingerprint density at radius 1 is 1.28 bits per heavy atom. The second-order valence-corrected chi connectivity index (χ2v) is 7.44. The van der Waals surface area contributed by atoms with E-state index in [1.807, 2.05) is 38.1 Å². The highest BCUT2D eigenvalue weighted by molar-refractivity contribution is 7.99. The van der Waals surface area contributed by atoms with E-state index in [9.17, 15) is 14.9 Å². The molecule has 0 fully saturated rings. The summed E-state index contributed by atoms with van der Waals surface area (Å²) in [5, 5.41) is 15.7. The summed E-state index contributed by atoms with van der Waals surface area (Å²) in [7, 11) is 0. The first kappa shape index (κ1) is 22.7. The highest BCUT2D eigenvalue weighted by Gasteiger charge is 2.13. The van der Waals surface area contributed by atoms with Crippen LogP contribution in [0.5, 0.6) is 0 Å². The lowest BCUT2D eigenvalue weighted by atomic mass is 10.1. The summed E-state index contributed by atoms with van der Waals surface area (Å²) >= 11 is 7.53. The van der Waals surface area contributed by atoms with E-state index in [0.29, 0.717) is 16.3 Å². The zero-order chi connectivity index (χ0) is 21.2. The quantitative estimate of drug-likeness (QED) is 0.338. The van der Waals surface area contributed by atoms with Gasteiger partial charge in [0.05, 0.1) is 16.9 Å². The van der Waals surface area contributed by atoms with Crippen LogP contribution in [-0.2, 0) is 10.5 Å². The minimum atomic E-state index is -0.451. The molecule has 9 heteroatoms. The number of nitro groups is 1. The van der Waals surface area contributed by atoms with Gasteiger partial charge in [-0.1, -0.05) is 29.8 Å². The fourth-order valence-corrected chi connectivity index (χ4v) is 3.79. The molecule has 0 atom stereocenters. The summed E-state index contributed by atoms with van der Waals surface area (Å²) in [6.45, 7) is 5.51. The van der Waals surface area contributed by atoms with Crippen molar-refractivity contribution >= 4 is 46.9 Å². The molecule has 29 heavy (non-hydrogen) atoms. The number of hydrazone groups is 1. The van der Waals surface area contributed by atoms with E-state index < -0.39 is 4.92 Å². The molecular weight excluding hydrogens is 412 g/mol. The molecule has 7 nitrogen and oxygen atoms in total. The van der Waals surface area contributed by atoms with Gasteiger partial charge >= 0.3 is 0 Å². The van der Waals surface area contributed by atoms with Gasteiger partial charge in [-0.15, -0.1) is 11.8 Å². The SMILES string of the molecule is CCN(CC)c1ccc([N+](=O)[O-])cc1/C=N\NC(=O)CSCc1ccccc1Cl. The number of carbonyl (C=O) groups excluding carboxylic acids is 1. The van der Waals surface area contributed by atoms with Gasteiger partial charge in [-0.2, -0.15) is 5.10 Å². The fraction of sp³-hybridized carbons (Fsp3) is 0.300. The average molecular weight is 435 g/mol. The van der Waals surface area contributed by atoms with Crippen molar-refractivity contribution in [3.05, 3.63) is 68.7 Å². The molecule has 0 aromatic heterocycles. The largest absolute Gasteiger partial charge is 0.372 e. The van der Waals surface area contributed by atoms with E-state index in [4.69, 9.17) is 11.6 Å². The third-order valence-electron chi connectivity index (χ3n) is 4.17. The van der Waals surface area contributed by atoms with Gasteiger partial charge < -0.3 is 4.90 Å². The number of non-ortho nitro benzene ring substituents is 1. The number of hydrogen-bond acceptors (Lipinski definition) is 6. The van der Waals surface area contributed by atoms with Crippen molar-refractivity contribution in [2.45, 2.75) is 19.6 Å². The van der Waals surface area contributed by atoms with Crippen molar-refractivity contribution in [2.24, 2.45) is 5.10 Å². The molecule has 154 valence electrons. The molecule has 0 radical (unpaired) electrons. The van der Waals surface area contributed by atoms with Gasteiger partial charge in [0, 0.05) is 47.2 Å². The van der Waals surface area contributed by atoms with Gasteiger partial charge in [-0.25, -0.2) is 5.43 Å². The van der Waals surface area contributed by atoms with Crippen LogP contribution in [0.2, 0.25) is 5.02 Å². The van der Waals surface area contributed by atoms with Crippen LogP contribution in [0.3, 0.4) is 0 Å². The lowest BCUT2D eigenvalue weighted by Gasteiger charge is -2.22. The molecule has 0 aliphatic heterocycles. The second kappa shape index (κ2) is 11.4. The van der Waals surface area contributed by atoms with Crippen LogP contribution < -0.4 is 10.3 Å². The van der Waals surface area contributed by atoms with Crippen LogP contribution in [0.25, 0.3) is 0 Å². The number of benzene rings is 2. The molecule has 2 aromatic carbocycles. The average Bonchev–Trinajstić information content (AvgIpc) is 2.71. The first-order valence-corrected chi connectivity index (χ1v) is 10.7. The summed E-state index contributed by atoms with van der Waals surface area (Å²) in [5.74, 6) is 0.585. The first-order valence-electron chi connectivity index (χ1n) is 9.12. The molecule has 0 bridgehead atoms. The maximum Gasteiger partial charge on any atom is 0.270 e. The predicted octanol–water partition coefficient (Wildman–Crippen LogP) is 4.48. The number of halogens is 1. The summed E-state index contributed by atoms with van der Waals surface area (Å²) < 4.78 is 0. The fourth-order valence-electron chi connectivity index (χ4n) is 2.69. The van der Waals surface area contributed by atoms with Gasteiger partial charge in [-0.3, -0.25) is 14.9 Å². The monoisotopic (exact) mass is 434 g/mol. The van der Waals surface area contributed by atoms with E-state index in [-0.39, 0.29) is 17.3 Å². The van der Waals surface area contributed by atoms with E-state index in [1.54, 1.807) is 6.07 Å². The smallest absolute Gasteiger partial charge is 0.270 e. The zero-order valence-electron chi connectivity index (χ0n) is 16.3. The number of amides is 1. The topological polar surface area (TPSA) is 87.8 Å². The Balaban J connectivity index is 1.99. The minimum absolute atomic E-state index is 0.0241. The van der Waals surface area contributed by atoms with E-state index in [0.717, 1.165) is 24.3 Å². The van der Waals surface area contributed by atoms with Crippen molar-refractivity contribution in [1.82, 2.24) is 5.43 Å². The van der Waals surface area contributed by atoms with Crippen molar-refractivity contribution < 1.29 is 9.72 Å². The van der Waals surface area contributed by atoms with E-state index in [2.05, 4.69) is 15.4 Å². The summed E-state index contributed by atoms with van der Waals surface area (Å²) in [4.78, 5) is 24.7. The van der Waals surface area contributed by atoms with Crippen molar-refractivity contribution in [3.63, 3.8) is 0 Å². The molecule has 2 aromatic rings. The van der Waals surface area contributed by atoms with Crippen LogP contribution in [0.1, 0.15) is 25.0 Å². The van der Waals surface area contributed by atoms with Crippen LogP contribution in [-0.4, -0.2) is 35.9 Å². The Labute approximate surface area is 179 Å². The minimum Gasteiger partial charge on any atom is -0.372 e. The number of nitro benzene ring substituents is 1. The van der Waals surface area contributed by atoms with Crippen molar-refractivity contribution in [3.8, 4) is 0 Å². The normalized spacial score (nSPS) is 10.9. The number of rotatable bonds is 10. The second-order valence-electron chi connectivity index (χ2n) is 6.05. The first-order chi connectivity index (χ1) is 14.0. The van der Waals surface area contributed by atoms with Crippen LogP contribution in [0.15, 0.2) is 47.6 Å². The Morgan fingerprint density at radius 2 is 2.00 bits per heavy atom. The molecule has 1 N–H and O–H groups in total. The molecule has 0 saturated heterocycles. The zero-order valence-corrected chi connectivity index (χ0v) is 17.9. The Bertz CT molecular complexity index is 888. The predicted molar refractivity (Wildman–Crippen MR) is 120 cm³/mol. The van der Waals surface area contributed by atoms with Crippen molar-refractivity contribution in [1.29, 1.82) is 0 Å². The van der Waals surface area contributed by atoms with Gasteiger partial charge in [-0.05, 0) is 31.5 Å². The number of hydrogen-bond donors (Lipinski definition) is 1. The van der Waals surface area contributed by atoms with Gasteiger partial charge in [0.2, 0.25) is 5.91 Å². The van der Waals surface area contributed by atoms with E-state index >= 15 is 0 Å². The van der Waals surface area contributed by atoms with Crippen LogP contribution in [0, 0.1) is 10.1 Å². The highest BCUT2D eigenvalue weighted by Crippen LogP contribution is 2.24. The Morgan fingerprint density at radius 3 is 2.66 bits per heavy atom. The summed E-state index contributed by atoms with van der Waals surface area (Å²) in [6, 6.07) is 12.1. The number of nitrogens with one attached hydrogen (secondary N) is 1. The van der Waals surface area contributed by atoms with Gasteiger partial charge in [0.15, 0.2) is 0 Å². The third kappa shape index (κ3) is 6.76. The Hall–Kier alpha value is -2.58. The molecule has 2 rings (SSSR count). The maximum absolute atomic E-state index is 12.0.